The fourth-order valence-electron chi connectivity index (χ4n) is 2.36. The molecule has 0 bridgehead atoms. The molecule has 2 unspecified atom stereocenters. The zero-order valence-electron chi connectivity index (χ0n) is 10.8. The van der Waals surface area contributed by atoms with Crippen molar-refractivity contribution >= 4 is 5.97 Å². The van der Waals surface area contributed by atoms with E-state index < -0.39 is 5.97 Å². The average molecular weight is 228 g/mol. The molecule has 0 aromatic heterocycles. The van der Waals surface area contributed by atoms with E-state index in [0.717, 1.165) is 25.9 Å². The first-order chi connectivity index (χ1) is 7.32. The number of hydrogen-bond acceptors (Lipinski definition) is 3. The highest BCUT2D eigenvalue weighted by molar-refractivity contribution is 5.72. The van der Waals surface area contributed by atoms with Crippen LogP contribution in [0.3, 0.4) is 0 Å². The summed E-state index contributed by atoms with van der Waals surface area (Å²) in [5.41, 5.74) is 0.183. The lowest BCUT2D eigenvalue weighted by Gasteiger charge is -2.37. The molecule has 4 heteroatoms. The third kappa shape index (κ3) is 3.76. The number of rotatable bonds is 6. The van der Waals surface area contributed by atoms with Crippen LogP contribution in [-0.4, -0.2) is 49.2 Å². The summed E-state index contributed by atoms with van der Waals surface area (Å²) in [7, 11) is 4.12. The summed E-state index contributed by atoms with van der Waals surface area (Å²) in [6.45, 7) is 6.28. The Morgan fingerprint density at radius 1 is 1.44 bits per heavy atom. The Morgan fingerprint density at radius 2 is 2.06 bits per heavy atom. The molecule has 2 N–H and O–H groups in total. The molecule has 0 aliphatic heterocycles. The molecule has 0 spiro atoms. The smallest absolute Gasteiger partial charge is 0.308 e. The molecule has 0 amide bonds. The van der Waals surface area contributed by atoms with Crippen LogP contribution in [0.5, 0.6) is 0 Å². The molecule has 0 aromatic carbocycles. The van der Waals surface area contributed by atoms with Gasteiger partial charge < -0.3 is 15.3 Å². The second-order valence-corrected chi connectivity index (χ2v) is 5.91. The van der Waals surface area contributed by atoms with Gasteiger partial charge in [0.15, 0.2) is 0 Å². The summed E-state index contributed by atoms with van der Waals surface area (Å²) in [6, 6.07) is 0.180. The van der Waals surface area contributed by atoms with Crippen LogP contribution < -0.4 is 5.32 Å². The van der Waals surface area contributed by atoms with Gasteiger partial charge in [0.25, 0.3) is 0 Å². The lowest BCUT2D eigenvalue weighted by atomic mass is 9.79. The monoisotopic (exact) mass is 228 g/mol. The fourth-order valence-corrected chi connectivity index (χ4v) is 2.36. The quantitative estimate of drug-likeness (QED) is 0.713. The second kappa shape index (κ2) is 5.15. The highest BCUT2D eigenvalue weighted by Crippen LogP contribution is 2.28. The van der Waals surface area contributed by atoms with Crippen LogP contribution in [-0.2, 0) is 4.79 Å². The average Bonchev–Trinajstić information content (AvgIpc) is 1.97. The van der Waals surface area contributed by atoms with E-state index in [1.54, 1.807) is 0 Å². The predicted octanol–water partition coefficient (Wildman–Crippen LogP) is 1.03. The van der Waals surface area contributed by atoms with Gasteiger partial charge in [-0.3, -0.25) is 4.79 Å². The molecular weight excluding hydrogens is 204 g/mol. The van der Waals surface area contributed by atoms with Crippen molar-refractivity contribution in [2.24, 2.45) is 11.3 Å². The van der Waals surface area contributed by atoms with Gasteiger partial charge in [0.1, 0.15) is 0 Å². The number of carbonyl (C=O) groups is 1. The number of carboxylic acid groups (broad SMARTS) is 1. The van der Waals surface area contributed by atoms with Crippen LogP contribution in [0, 0.1) is 11.3 Å². The molecule has 16 heavy (non-hydrogen) atoms. The minimum absolute atomic E-state index is 0.171. The van der Waals surface area contributed by atoms with E-state index in [4.69, 9.17) is 5.11 Å². The number of carboxylic acids is 1. The lowest BCUT2D eigenvalue weighted by Crippen LogP contribution is -2.51. The summed E-state index contributed by atoms with van der Waals surface area (Å²) in [5, 5.41) is 12.3. The molecule has 1 saturated carbocycles. The topological polar surface area (TPSA) is 52.6 Å². The Morgan fingerprint density at radius 3 is 2.44 bits per heavy atom. The molecule has 94 valence electrons. The van der Waals surface area contributed by atoms with E-state index in [0.29, 0.717) is 0 Å². The van der Waals surface area contributed by atoms with Gasteiger partial charge in [0.2, 0.25) is 0 Å². The maximum Gasteiger partial charge on any atom is 0.308 e. The van der Waals surface area contributed by atoms with Crippen molar-refractivity contribution in [2.75, 3.05) is 27.2 Å². The largest absolute Gasteiger partial charge is 0.481 e. The van der Waals surface area contributed by atoms with Crippen LogP contribution in [0.4, 0.5) is 0 Å². The normalized spacial score (nSPS) is 25.6. The van der Waals surface area contributed by atoms with Crippen molar-refractivity contribution in [3.63, 3.8) is 0 Å². The van der Waals surface area contributed by atoms with Gasteiger partial charge in [0.05, 0.1) is 5.92 Å². The van der Waals surface area contributed by atoms with E-state index in [1.165, 1.54) is 0 Å². The molecule has 0 aromatic rings. The Kier molecular flexibility index (Phi) is 4.33. The van der Waals surface area contributed by atoms with Crippen LogP contribution in [0.2, 0.25) is 0 Å². The van der Waals surface area contributed by atoms with Gasteiger partial charge in [-0.1, -0.05) is 13.8 Å². The number of nitrogens with one attached hydrogen (secondary N) is 1. The molecule has 1 aliphatic carbocycles. The molecule has 1 rings (SSSR count). The van der Waals surface area contributed by atoms with Gasteiger partial charge in [-0.05, 0) is 32.4 Å². The van der Waals surface area contributed by atoms with Crippen molar-refractivity contribution in [3.8, 4) is 0 Å². The summed E-state index contributed by atoms with van der Waals surface area (Å²) in [5.74, 6) is -0.829. The first-order valence-corrected chi connectivity index (χ1v) is 5.93. The van der Waals surface area contributed by atoms with Crippen molar-refractivity contribution in [1.29, 1.82) is 0 Å². The Hall–Kier alpha value is -0.610. The lowest BCUT2D eigenvalue weighted by molar-refractivity contribution is -0.146. The summed E-state index contributed by atoms with van der Waals surface area (Å²) < 4.78 is 0. The van der Waals surface area contributed by atoms with Gasteiger partial charge >= 0.3 is 5.97 Å². The van der Waals surface area contributed by atoms with E-state index in [9.17, 15) is 4.79 Å². The maximum atomic E-state index is 10.8. The standard InChI is InChI=1S/C12H24N2O2/c1-12(2,8-14(3)4)7-13-10-6-5-9(10)11(15)16/h9-10,13H,5-8H2,1-4H3,(H,15,16). The SMILES string of the molecule is CN(C)CC(C)(C)CNC1CCC1C(=O)O. The third-order valence-corrected chi connectivity index (χ3v) is 3.18. The van der Waals surface area contributed by atoms with Gasteiger partial charge in [-0.25, -0.2) is 0 Å². The highest BCUT2D eigenvalue weighted by atomic mass is 16.4. The Labute approximate surface area is 98.0 Å². The fraction of sp³-hybridized carbons (Fsp3) is 0.917. The predicted molar refractivity (Wildman–Crippen MR) is 64.5 cm³/mol. The molecule has 0 saturated heterocycles. The third-order valence-electron chi connectivity index (χ3n) is 3.18. The van der Waals surface area contributed by atoms with Crippen LogP contribution in [0.1, 0.15) is 26.7 Å². The maximum absolute atomic E-state index is 10.8. The molecule has 2 atom stereocenters. The molecule has 1 fully saturated rings. The zero-order valence-corrected chi connectivity index (χ0v) is 10.8. The number of aliphatic carboxylic acids is 1. The van der Waals surface area contributed by atoms with Gasteiger partial charge in [-0.2, -0.15) is 0 Å². The first-order valence-electron chi connectivity index (χ1n) is 5.93. The van der Waals surface area contributed by atoms with E-state index in [-0.39, 0.29) is 17.4 Å². The minimum Gasteiger partial charge on any atom is -0.481 e. The number of nitrogens with zero attached hydrogens (tertiary/aromatic N) is 1. The van der Waals surface area contributed by atoms with E-state index in [2.05, 4.69) is 38.2 Å². The first kappa shape index (κ1) is 13.5. The molecular formula is C12H24N2O2. The highest BCUT2D eigenvalue weighted by Gasteiger charge is 2.37. The van der Waals surface area contributed by atoms with Crippen molar-refractivity contribution in [3.05, 3.63) is 0 Å². The molecule has 4 nitrogen and oxygen atoms in total. The summed E-state index contributed by atoms with van der Waals surface area (Å²) in [6.07, 6.45) is 1.82. The van der Waals surface area contributed by atoms with Crippen molar-refractivity contribution in [1.82, 2.24) is 10.2 Å². The second-order valence-electron chi connectivity index (χ2n) is 5.91. The van der Waals surface area contributed by atoms with Crippen LogP contribution in [0.15, 0.2) is 0 Å². The molecule has 0 heterocycles. The summed E-state index contributed by atoms with van der Waals surface area (Å²) >= 11 is 0. The van der Waals surface area contributed by atoms with Crippen LogP contribution >= 0.6 is 0 Å². The minimum atomic E-state index is -0.658. The molecule has 1 aliphatic rings. The molecule has 0 radical (unpaired) electrons. The summed E-state index contributed by atoms with van der Waals surface area (Å²) in [4.78, 5) is 13.0. The Balaban J connectivity index is 2.31. The van der Waals surface area contributed by atoms with E-state index >= 15 is 0 Å². The van der Waals surface area contributed by atoms with Crippen LogP contribution in [0.25, 0.3) is 0 Å². The Bertz CT molecular complexity index is 251. The van der Waals surface area contributed by atoms with Gasteiger partial charge in [-0.15, -0.1) is 0 Å². The van der Waals surface area contributed by atoms with Crippen molar-refractivity contribution < 1.29 is 9.90 Å². The zero-order chi connectivity index (χ0) is 12.3. The van der Waals surface area contributed by atoms with Crippen molar-refractivity contribution in [2.45, 2.75) is 32.7 Å². The number of hydrogen-bond donors (Lipinski definition) is 2. The van der Waals surface area contributed by atoms with Gasteiger partial charge in [0, 0.05) is 19.1 Å². The van der Waals surface area contributed by atoms with E-state index in [1.807, 2.05) is 0 Å².